The van der Waals surface area contributed by atoms with E-state index in [1.807, 2.05) is 13.0 Å². The van der Waals surface area contributed by atoms with Gasteiger partial charge in [0.05, 0.1) is 0 Å². The fraction of sp³-hybridized carbons (Fsp3) is 0.643. The van der Waals surface area contributed by atoms with E-state index in [0.29, 0.717) is 12.2 Å². The van der Waals surface area contributed by atoms with Crippen LogP contribution in [0.25, 0.3) is 0 Å². The van der Waals surface area contributed by atoms with Crippen molar-refractivity contribution in [3.05, 3.63) is 23.7 Å². The van der Waals surface area contributed by atoms with Gasteiger partial charge in [0.25, 0.3) is 0 Å². The van der Waals surface area contributed by atoms with Crippen molar-refractivity contribution < 1.29 is 9.21 Å². The van der Waals surface area contributed by atoms with Crippen LogP contribution in [-0.2, 0) is 0 Å². The van der Waals surface area contributed by atoms with Gasteiger partial charge in [-0.05, 0) is 25.5 Å². The monoisotopic (exact) mass is 222 g/mol. The van der Waals surface area contributed by atoms with E-state index in [1.165, 1.54) is 25.7 Å². The highest BCUT2D eigenvalue weighted by Crippen LogP contribution is 2.12. The van der Waals surface area contributed by atoms with E-state index in [2.05, 4.69) is 6.92 Å². The Balaban J connectivity index is 2.11. The summed E-state index contributed by atoms with van der Waals surface area (Å²) in [7, 11) is 0. The molecule has 1 rings (SSSR count). The van der Waals surface area contributed by atoms with Gasteiger partial charge >= 0.3 is 0 Å². The Morgan fingerprint density at radius 3 is 2.44 bits per heavy atom. The molecule has 0 unspecified atom stereocenters. The van der Waals surface area contributed by atoms with Gasteiger partial charge < -0.3 is 4.42 Å². The standard InChI is InChI=1S/C14H22O2/c1-3-4-5-6-7-8-9-13(15)14-11-10-12(2)16-14/h10-11H,3-9H2,1-2H3. The molecule has 0 aliphatic rings. The molecule has 0 saturated carbocycles. The third kappa shape index (κ3) is 4.65. The summed E-state index contributed by atoms with van der Waals surface area (Å²) < 4.78 is 5.29. The van der Waals surface area contributed by atoms with Crippen LogP contribution in [0.3, 0.4) is 0 Å². The van der Waals surface area contributed by atoms with Crippen LogP contribution in [0.2, 0.25) is 0 Å². The van der Waals surface area contributed by atoms with Gasteiger partial charge in [-0.25, -0.2) is 0 Å². The maximum absolute atomic E-state index is 11.7. The molecule has 0 saturated heterocycles. The summed E-state index contributed by atoms with van der Waals surface area (Å²) in [6, 6.07) is 3.61. The minimum absolute atomic E-state index is 0.142. The molecule has 0 N–H and O–H groups in total. The van der Waals surface area contributed by atoms with Crippen molar-refractivity contribution in [1.82, 2.24) is 0 Å². The average molecular weight is 222 g/mol. The number of hydrogen-bond acceptors (Lipinski definition) is 2. The van der Waals surface area contributed by atoms with E-state index in [0.717, 1.165) is 18.6 Å². The maximum atomic E-state index is 11.7. The quantitative estimate of drug-likeness (QED) is 0.478. The summed E-state index contributed by atoms with van der Waals surface area (Å²) in [5.74, 6) is 1.47. The topological polar surface area (TPSA) is 30.2 Å². The third-order valence-corrected chi connectivity index (χ3v) is 2.77. The number of furan rings is 1. The van der Waals surface area contributed by atoms with Crippen LogP contribution in [0.15, 0.2) is 16.5 Å². The van der Waals surface area contributed by atoms with Gasteiger partial charge in [-0.3, -0.25) is 4.79 Å². The van der Waals surface area contributed by atoms with Crippen molar-refractivity contribution >= 4 is 5.78 Å². The highest BCUT2D eigenvalue weighted by molar-refractivity contribution is 5.93. The molecule has 16 heavy (non-hydrogen) atoms. The Bertz CT molecular complexity index is 312. The molecule has 0 atom stereocenters. The number of hydrogen-bond donors (Lipinski definition) is 0. The molecular formula is C14H22O2. The minimum atomic E-state index is 0.142. The summed E-state index contributed by atoms with van der Waals surface area (Å²) in [6.45, 7) is 4.07. The summed E-state index contributed by atoms with van der Waals surface area (Å²) in [5, 5.41) is 0. The Labute approximate surface area is 98.0 Å². The first-order valence-electron chi connectivity index (χ1n) is 6.33. The van der Waals surface area contributed by atoms with Crippen molar-refractivity contribution in [3.8, 4) is 0 Å². The molecule has 1 heterocycles. The third-order valence-electron chi connectivity index (χ3n) is 2.77. The van der Waals surface area contributed by atoms with Crippen molar-refractivity contribution in [2.45, 2.75) is 58.8 Å². The van der Waals surface area contributed by atoms with Crippen molar-refractivity contribution in [1.29, 1.82) is 0 Å². The molecule has 0 aromatic carbocycles. The molecule has 0 bridgehead atoms. The largest absolute Gasteiger partial charge is 0.458 e. The van der Waals surface area contributed by atoms with Crippen LogP contribution in [0.5, 0.6) is 0 Å². The normalized spacial score (nSPS) is 10.6. The molecule has 1 aromatic rings. The summed E-state index contributed by atoms with van der Waals surface area (Å²) >= 11 is 0. The lowest BCUT2D eigenvalue weighted by Crippen LogP contribution is -1.96. The highest BCUT2D eigenvalue weighted by atomic mass is 16.3. The lowest BCUT2D eigenvalue weighted by molar-refractivity contribution is 0.0951. The minimum Gasteiger partial charge on any atom is -0.458 e. The smallest absolute Gasteiger partial charge is 0.197 e. The fourth-order valence-electron chi connectivity index (χ4n) is 1.77. The molecule has 0 aliphatic carbocycles. The number of Topliss-reactive ketones (excluding diaryl/α,β-unsaturated/α-hetero) is 1. The SMILES string of the molecule is CCCCCCCCC(=O)c1ccc(C)o1. The molecule has 90 valence electrons. The van der Waals surface area contributed by atoms with Gasteiger partial charge in [0.15, 0.2) is 11.5 Å². The van der Waals surface area contributed by atoms with Gasteiger partial charge in [0, 0.05) is 6.42 Å². The number of carbonyl (C=O) groups excluding carboxylic acids is 1. The van der Waals surface area contributed by atoms with E-state index in [1.54, 1.807) is 6.07 Å². The van der Waals surface area contributed by atoms with Gasteiger partial charge in [0.1, 0.15) is 5.76 Å². The van der Waals surface area contributed by atoms with Crippen LogP contribution in [-0.4, -0.2) is 5.78 Å². The molecular weight excluding hydrogens is 200 g/mol. The molecule has 1 aromatic heterocycles. The zero-order valence-corrected chi connectivity index (χ0v) is 10.4. The Kier molecular flexibility index (Phi) is 5.91. The number of rotatable bonds is 8. The summed E-state index contributed by atoms with van der Waals surface area (Å²) in [6.07, 6.45) is 7.89. The van der Waals surface area contributed by atoms with Crippen molar-refractivity contribution in [2.24, 2.45) is 0 Å². The highest BCUT2D eigenvalue weighted by Gasteiger charge is 2.08. The van der Waals surface area contributed by atoms with Crippen LogP contribution in [0.4, 0.5) is 0 Å². The molecule has 0 spiro atoms. The summed E-state index contributed by atoms with van der Waals surface area (Å²) in [4.78, 5) is 11.7. The number of aryl methyl sites for hydroxylation is 1. The number of carbonyl (C=O) groups is 1. The first-order chi connectivity index (χ1) is 7.74. The van der Waals surface area contributed by atoms with E-state index < -0.39 is 0 Å². The maximum Gasteiger partial charge on any atom is 0.197 e. The van der Waals surface area contributed by atoms with Crippen molar-refractivity contribution in [2.75, 3.05) is 0 Å². The Morgan fingerprint density at radius 1 is 1.12 bits per heavy atom. The second kappa shape index (κ2) is 7.26. The van der Waals surface area contributed by atoms with Crippen LogP contribution < -0.4 is 0 Å². The van der Waals surface area contributed by atoms with Crippen LogP contribution >= 0.6 is 0 Å². The number of unbranched alkanes of at least 4 members (excludes halogenated alkanes) is 5. The van der Waals surface area contributed by atoms with E-state index >= 15 is 0 Å². The molecule has 2 nitrogen and oxygen atoms in total. The van der Waals surface area contributed by atoms with Gasteiger partial charge in [-0.2, -0.15) is 0 Å². The van der Waals surface area contributed by atoms with E-state index in [4.69, 9.17) is 4.42 Å². The van der Waals surface area contributed by atoms with Crippen LogP contribution in [0.1, 0.15) is 68.2 Å². The fourth-order valence-corrected chi connectivity index (χ4v) is 1.77. The second-order valence-corrected chi connectivity index (χ2v) is 4.35. The van der Waals surface area contributed by atoms with Gasteiger partial charge in [0.2, 0.25) is 0 Å². The Morgan fingerprint density at radius 2 is 1.81 bits per heavy atom. The molecule has 0 amide bonds. The lowest BCUT2D eigenvalue weighted by atomic mass is 10.1. The summed E-state index contributed by atoms with van der Waals surface area (Å²) in [5.41, 5.74) is 0. The zero-order chi connectivity index (χ0) is 11.8. The lowest BCUT2D eigenvalue weighted by Gasteiger charge is -1.99. The van der Waals surface area contributed by atoms with Gasteiger partial charge in [-0.1, -0.05) is 39.0 Å². The van der Waals surface area contributed by atoms with E-state index in [-0.39, 0.29) is 5.78 Å². The molecule has 0 radical (unpaired) electrons. The van der Waals surface area contributed by atoms with Crippen LogP contribution in [0, 0.1) is 6.92 Å². The predicted octanol–water partition coefficient (Wildman–Crippen LogP) is 4.52. The first kappa shape index (κ1) is 13.0. The Hall–Kier alpha value is -1.05. The van der Waals surface area contributed by atoms with Crippen molar-refractivity contribution in [3.63, 3.8) is 0 Å². The second-order valence-electron chi connectivity index (χ2n) is 4.35. The molecule has 0 aliphatic heterocycles. The van der Waals surface area contributed by atoms with E-state index in [9.17, 15) is 4.79 Å². The number of ketones is 1. The molecule has 2 heteroatoms. The zero-order valence-electron chi connectivity index (χ0n) is 10.4. The molecule has 0 fully saturated rings. The average Bonchev–Trinajstić information content (AvgIpc) is 2.70. The van der Waals surface area contributed by atoms with Gasteiger partial charge in [-0.15, -0.1) is 0 Å². The predicted molar refractivity (Wildman–Crippen MR) is 65.8 cm³/mol. The first-order valence-corrected chi connectivity index (χ1v) is 6.33.